The van der Waals surface area contributed by atoms with Gasteiger partial charge in [0.05, 0.1) is 25.6 Å². The standard InChI is InChI=1S/C26H27BrN6O3S/c1-16-13-17(2)30-26(29-16)37-15-21-24(31-32-33(21)20-8-6-19(27)7-9-20)25(34)28-12-11-18-5-10-22(35-3)23(14-18)36-4/h5-10,13-14H,11-12,15H2,1-4H3,(H,28,34). The largest absolute Gasteiger partial charge is 0.493 e. The molecule has 0 saturated carbocycles. The first-order valence-electron chi connectivity index (χ1n) is 11.5. The quantitative estimate of drug-likeness (QED) is 0.211. The minimum atomic E-state index is -0.291. The zero-order chi connectivity index (χ0) is 26.4. The highest BCUT2D eigenvalue weighted by molar-refractivity contribution is 9.10. The lowest BCUT2D eigenvalue weighted by Crippen LogP contribution is -2.27. The second kappa shape index (κ2) is 12.2. The molecule has 0 fully saturated rings. The van der Waals surface area contributed by atoms with Crippen molar-refractivity contribution in [1.29, 1.82) is 0 Å². The van der Waals surface area contributed by atoms with Crippen molar-refractivity contribution in [3.05, 3.63) is 81.3 Å². The second-order valence-corrected chi connectivity index (χ2v) is 10.0. The van der Waals surface area contributed by atoms with Crippen molar-refractivity contribution in [1.82, 2.24) is 30.3 Å². The van der Waals surface area contributed by atoms with Crippen LogP contribution >= 0.6 is 27.7 Å². The van der Waals surface area contributed by atoms with E-state index in [4.69, 9.17) is 9.47 Å². The Kier molecular flexibility index (Phi) is 8.78. The molecule has 2 aromatic heterocycles. The van der Waals surface area contributed by atoms with Crippen LogP contribution in [0.15, 0.2) is 58.2 Å². The molecule has 2 aromatic carbocycles. The van der Waals surface area contributed by atoms with Gasteiger partial charge in [0.1, 0.15) is 0 Å². The van der Waals surface area contributed by atoms with Crippen molar-refractivity contribution in [2.24, 2.45) is 0 Å². The van der Waals surface area contributed by atoms with E-state index in [2.05, 4.69) is 41.5 Å². The van der Waals surface area contributed by atoms with Gasteiger partial charge in [-0.15, -0.1) is 5.10 Å². The number of aromatic nitrogens is 5. The smallest absolute Gasteiger partial charge is 0.273 e. The van der Waals surface area contributed by atoms with Crippen LogP contribution in [-0.4, -0.2) is 51.6 Å². The fourth-order valence-corrected chi connectivity index (χ4v) is 4.93. The number of carbonyl (C=O) groups excluding carboxylic acids is 1. The number of rotatable bonds is 10. The molecule has 2 heterocycles. The fourth-order valence-electron chi connectivity index (χ4n) is 3.73. The number of carbonyl (C=O) groups is 1. The number of halogens is 1. The third kappa shape index (κ3) is 6.66. The molecule has 1 N–H and O–H groups in total. The second-order valence-electron chi connectivity index (χ2n) is 8.19. The average Bonchev–Trinajstić information content (AvgIpc) is 3.31. The molecule has 0 radical (unpaired) electrons. The summed E-state index contributed by atoms with van der Waals surface area (Å²) < 4.78 is 13.3. The van der Waals surface area contributed by atoms with Crippen LogP contribution < -0.4 is 14.8 Å². The van der Waals surface area contributed by atoms with Gasteiger partial charge in [-0.2, -0.15) is 0 Å². The van der Waals surface area contributed by atoms with Crippen LogP contribution in [0.5, 0.6) is 11.5 Å². The van der Waals surface area contributed by atoms with Crippen molar-refractivity contribution in [2.75, 3.05) is 20.8 Å². The van der Waals surface area contributed by atoms with Gasteiger partial charge in [-0.3, -0.25) is 4.79 Å². The Morgan fingerprint density at radius 2 is 1.70 bits per heavy atom. The highest BCUT2D eigenvalue weighted by Gasteiger charge is 2.21. The summed E-state index contributed by atoms with van der Waals surface area (Å²) in [5, 5.41) is 12.1. The summed E-state index contributed by atoms with van der Waals surface area (Å²) in [5.74, 6) is 1.44. The molecule has 37 heavy (non-hydrogen) atoms. The lowest BCUT2D eigenvalue weighted by atomic mass is 10.1. The molecule has 9 nitrogen and oxygen atoms in total. The van der Waals surface area contributed by atoms with E-state index < -0.39 is 0 Å². The van der Waals surface area contributed by atoms with Crippen LogP contribution in [0.2, 0.25) is 0 Å². The number of hydrogen-bond acceptors (Lipinski definition) is 8. The number of nitrogens with zero attached hydrogens (tertiary/aromatic N) is 5. The maximum Gasteiger partial charge on any atom is 0.273 e. The average molecular weight is 584 g/mol. The van der Waals surface area contributed by atoms with Crippen LogP contribution in [0.4, 0.5) is 0 Å². The summed E-state index contributed by atoms with van der Waals surface area (Å²) in [6.07, 6.45) is 0.618. The Morgan fingerprint density at radius 1 is 1.00 bits per heavy atom. The molecular formula is C26H27BrN6O3S. The predicted octanol–water partition coefficient (Wildman–Crippen LogP) is 4.72. The number of aryl methyl sites for hydroxylation is 2. The number of benzene rings is 2. The van der Waals surface area contributed by atoms with E-state index in [1.165, 1.54) is 11.8 Å². The number of nitrogens with one attached hydrogen (secondary N) is 1. The number of amides is 1. The normalized spacial score (nSPS) is 10.8. The van der Waals surface area contributed by atoms with E-state index >= 15 is 0 Å². The molecule has 0 aliphatic rings. The Bertz CT molecular complexity index is 1370. The zero-order valence-corrected chi connectivity index (χ0v) is 23.4. The molecular weight excluding hydrogens is 556 g/mol. The summed E-state index contributed by atoms with van der Waals surface area (Å²) in [7, 11) is 3.20. The summed E-state index contributed by atoms with van der Waals surface area (Å²) in [6, 6.07) is 15.3. The van der Waals surface area contributed by atoms with Crippen LogP contribution in [0.1, 0.15) is 33.1 Å². The van der Waals surface area contributed by atoms with Gasteiger partial charge in [-0.05, 0) is 68.3 Å². The molecule has 0 saturated heterocycles. The van der Waals surface area contributed by atoms with Gasteiger partial charge >= 0.3 is 0 Å². The monoisotopic (exact) mass is 582 g/mol. The van der Waals surface area contributed by atoms with Crippen molar-refractivity contribution >= 4 is 33.6 Å². The van der Waals surface area contributed by atoms with Crippen LogP contribution in [-0.2, 0) is 12.2 Å². The number of ether oxygens (including phenoxy) is 2. The van der Waals surface area contributed by atoms with Gasteiger partial charge in [0.2, 0.25) is 0 Å². The van der Waals surface area contributed by atoms with Crippen LogP contribution in [0.25, 0.3) is 5.69 Å². The Morgan fingerprint density at radius 3 is 2.38 bits per heavy atom. The number of hydrogen-bond donors (Lipinski definition) is 1. The topological polar surface area (TPSA) is 104 Å². The maximum absolute atomic E-state index is 13.2. The van der Waals surface area contributed by atoms with Crippen molar-refractivity contribution in [2.45, 2.75) is 31.2 Å². The third-order valence-electron chi connectivity index (χ3n) is 5.50. The highest BCUT2D eigenvalue weighted by atomic mass is 79.9. The lowest BCUT2D eigenvalue weighted by Gasteiger charge is -2.11. The first-order chi connectivity index (χ1) is 17.9. The van der Waals surface area contributed by atoms with E-state index in [0.717, 1.165) is 27.1 Å². The molecule has 4 rings (SSSR count). The Labute approximate surface area is 228 Å². The van der Waals surface area contributed by atoms with Gasteiger partial charge < -0.3 is 14.8 Å². The molecule has 0 aliphatic heterocycles. The van der Waals surface area contributed by atoms with Gasteiger partial charge in [0, 0.05) is 28.2 Å². The molecule has 0 aliphatic carbocycles. The highest BCUT2D eigenvalue weighted by Crippen LogP contribution is 2.28. The van der Waals surface area contributed by atoms with Gasteiger partial charge in [-0.25, -0.2) is 14.6 Å². The molecule has 192 valence electrons. The van der Waals surface area contributed by atoms with Gasteiger partial charge in [-0.1, -0.05) is 39.0 Å². The predicted molar refractivity (Wildman–Crippen MR) is 146 cm³/mol. The molecule has 4 aromatic rings. The minimum Gasteiger partial charge on any atom is -0.493 e. The Balaban J connectivity index is 1.52. The fraction of sp³-hybridized carbons (Fsp3) is 0.269. The molecule has 0 bridgehead atoms. The van der Waals surface area contributed by atoms with E-state index in [1.807, 2.05) is 62.4 Å². The Hall–Kier alpha value is -3.44. The van der Waals surface area contributed by atoms with Gasteiger partial charge in [0.25, 0.3) is 5.91 Å². The summed E-state index contributed by atoms with van der Waals surface area (Å²) in [4.78, 5) is 22.2. The molecule has 0 atom stereocenters. The molecule has 0 spiro atoms. The zero-order valence-electron chi connectivity index (χ0n) is 21.0. The number of methoxy groups -OCH3 is 2. The number of thioether (sulfide) groups is 1. The summed E-state index contributed by atoms with van der Waals surface area (Å²) >= 11 is 4.90. The SMILES string of the molecule is COc1ccc(CCNC(=O)c2nnn(-c3ccc(Br)cc3)c2CSc2nc(C)cc(C)n2)cc1OC. The maximum atomic E-state index is 13.2. The van der Waals surface area contributed by atoms with E-state index in [9.17, 15) is 4.79 Å². The third-order valence-corrected chi connectivity index (χ3v) is 6.88. The lowest BCUT2D eigenvalue weighted by molar-refractivity contribution is 0.0948. The summed E-state index contributed by atoms with van der Waals surface area (Å²) in [5.41, 5.74) is 4.53. The van der Waals surface area contributed by atoms with E-state index in [-0.39, 0.29) is 11.6 Å². The first-order valence-corrected chi connectivity index (χ1v) is 13.3. The van der Waals surface area contributed by atoms with Gasteiger partial charge in [0.15, 0.2) is 22.3 Å². The molecule has 0 unspecified atom stereocenters. The minimum absolute atomic E-state index is 0.270. The van der Waals surface area contributed by atoms with Crippen LogP contribution in [0.3, 0.4) is 0 Å². The first kappa shape index (κ1) is 26.6. The van der Waals surface area contributed by atoms with Crippen molar-refractivity contribution < 1.29 is 14.3 Å². The van der Waals surface area contributed by atoms with Crippen LogP contribution in [0, 0.1) is 13.8 Å². The molecule has 11 heteroatoms. The summed E-state index contributed by atoms with van der Waals surface area (Å²) in [6.45, 7) is 4.29. The molecule has 1 amide bonds. The van der Waals surface area contributed by atoms with Crippen molar-refractivity contribution in [3.8, 4) is 17.2 Å². The van der Waals surface area contributed by atoms with E-state index in [1.54, 1.807) is 18.9 Å². The van der Waals surface area contributed by atoms with E-state index in [0.29, 0.717) is 41.1 Å². The van der Waals surface area contributed by atoms with Crippen molar-refractivity contribution in [3.63, 3.8) is 0 Å².